The van der Waals surface area contributed by atoms with Crippen molar-refractivity contribution in [3.63, 3.8) is 0 Å². The molecule has 0 saturated heterocycles. The van der Waals surface area contributed by atoms with Crippen molar-refractivity contribution in [2.45, 2.75) is 19.4 Å². The van der Waals surface area contributed by atoms with E-state index < -0.39 is 0 Å². The van der Waals surface area contributed by atoms with Gasteiger partial charge in [-0.25, -0.2) is 0 Å². The lowest BCUT2D eigenvalue weighted by atomic mass is 10.2. The molecule has 0 aromatic carbocycles. The molecule has 0 spiro atoms. The van der Waals surface area contributed by atoms with E-state index in [-0.39, 0.29) is 0 Å². The van der Waals surface area contributed by atoms with Crippen molar-refractivity contribution in [2.75, 3.05) is 18.5 Å². The number of rotatable bonds is 6. The van der Waals surface area contributed by atoms with Gasteiger partial charge in [-0.15, -0.1) is 6.58 Å². The zero-order chi connectivity index (χ0) is 11.1. The van der Waals surface area contributed by atoms with Crippen molar-refractivity contribution in [3.8, 4) is 0 Å². The van der Waals surface area contributed by atoms with Gasteiger partial charge in [-0.05, 0) is 18.9 Å². The molecule has 82 valence electrons. The van der Waals surface area contributed by atoms with Crippen molar-refractivity contribution < 1.29 is 0 Å². The van der Waals surface area contributed by atoms with Gasteiger partial charge in [-0.3, -0.25) is 4.98 Å². The number of allylic oxidation sites excluding steroid dienone is 1. The summed E-state index contributed by atoms with van der Waals surface area (Å²) in [4.78, 5) is 6.29. The molecule has 0 aliphatic heterocycles. The first-order valence-electron chi connectivity index (χ1n) is 5.24. The Morgan fingerprint density at radius 3 is 3.07 bits per heavy atom. The summed E-state index contributed by atoms with van der Waals surface area (Å²) in [5.41, 5.74) is 7.93. The number of hydrogen-bond donors (Lipinski definition) is 1. The second-order valence-corrected chi connectivity index (χ2v) is 3.56. The fourth-order valence-electron chi connectivity index (χ4n) is 1.54. The SMILES string of the molecule is C=CCCCN(C)c1ccncc1CN. The first kappa shape index (κ1) is 11.7. The van der Waals surface area contributed by atoms with Gasteiger partial charge in [0.15, 0.2) is 0 Å². The Balaban J connectivity index is 2.63. The molecule has 0 amide bonds. The minimum absolute atomic E-state index is 0.537. The average molecular weight is 205 g/mol. The molecule has 15 heavy (non-hydrogen) atoms. The third kappa shape index (κ3) is 3.36. The van der Waals surface area contributed by atoms with Crippen LogP contribution in [0.5, 0.6) is 0 Å². The molecule has 0 unspecified atom stereocenters. The monoisotopic (exact) mass is 205 g/mol. The van der Waals surface area contributed by atoms with Crippen LogP contribution in [0.1, 0.15) is 18.4 Å². The molecule has 1 aromatic heterocycles. The van der Waals surface area contributed by atoms with E-state index in [0.29, 0.717) is 6.54 Å². The number of pyridine rings is 1. The highest BCUT2D eigenvalue weighted by atomic mass is 15.1. The summed E-state index contributed by atoms with van der Waals surface area (Å²) in [6.07, 6.45) is 7.75. The van der Waals surface area contributed by atoms with Crippen LogP contribution in [0.3, 0.4) is 0 Å². The van der Waals surface area contributed by atoms with Gasteiger partial charge in [-0.1, -0.05) is 6.08 Å². The van der Waals surface area contributed by atoms with Gasteiger partial charge in [0, 0.05) is 43.8 Å². The maximum Gasteiger partial charge on any atom is 0.0440 e. The van der Waals surface area contributed by atoms with Gasteiger partial charge in [0.05, 0.1) is 0 Å². The van der Waals surface area contributed by atoms with Crippen LogP contribution in [0.15, 0.2) is 31.1 Å². The normalized spacial score (nSPS) is 10.0. The highest BCUT2D eigenvalue weighted by molar-refractivity contribution is 5.51. The molecule has 0 aliphatic rings. The Bertz CT molecular complexity index is 309. The lowest BCUT2D eigenvalue weighted by Crippen LogP contribution is -2.20. The fourth-order valence-corrected chi connectivity index (χ4v) is 1.54. The Morgan fingerprint density at radius 2 is 2.40 bits per heavy atom. The molecule has 3 nitrogen and oxygen atoms in total. The number of nitrogens with two attached hydrogens (primary N) is 1. The first-order valence-corrected chi connectivity index (χ1v) is 5.24. The second-order valence-electron chi connectivity index (χ2n) is 3.56. The van der Waals surface area contributed by atoms with Crippen molar-refractivity contribution >= 4 is 5.69 Å². The molecule has 0 aliphatic carbocycles. The number of hydrogen-bond acceptors (Lipinski definition) is 3. The van der Waals surface area contributed by atoms with Gasteiger partial charge >= 0.3 is 0 Å². The summed E-state index contributed by atoms with van der Waals surface area (Å²) in [6, 6.07) is 2.01. The van der Waals surface area contributed by atoms with Gasteiger partial charge in [0.1, 0.15) is 0 Å². The maximum atomic E-state index is 5.66. The number of anilines is 1. The molecule has 1 aromatic rings. The van der Waals surface area contributed by atoms with E-state index in [4.69, 9.17) is 5.73 Å². The predicted molar refractivity (Wildman–Crippen MR) is 64.8 cm³/mol. The van der Waals surface area contributed by atoms with Gasteiger partial charge in [0.2, 0.25) is 0 Å². The Hall–Kier alpha value is -1.35. The molecule has 0 fully saturated rings. The Morgan fingerprint density at radius 1 is 1.60 bits per heavy atom. The molecule has 0 radical (unpaired) electrons. The zero-order valence-electron chi connectivity index (χ0n) is 9.32. The molecule has 0 atom stereocenters. The van der Waals surface area contributed by atoms with Crippen molar-refractivity contribution in [1.82, 2.24) is 4.98 Å². The minimum Gasteiger partial charge on any atom is -0.374 e. The molecule has 0 bridgehead atoms. The summed E-state index contributed by atoms with van der Waals surface area (Å²) in [5, 5.41) is 0. The van der Waals surface area contributed by atoms with E-state index in [0.717, 1.165) is 24.9 Å². The number of nitrogens with zero attached hydrogens (tertiary/aromatic N) is 2. The third-order valence-electron chi connectivity index (χ3n) is 2.41. The summed E-state index contributed by atoms with van der Waals surface area (Å²) < 4.78 is 0. The summed E-state index contributed by atoms with van der Waals surface area (Å²) in [6.45, 7) is 5.27. The summed E-state index contributed by atoms with van der Waals surface area (Å²) >= 11 is 0. The topological polar surface area (TPSA) is 42.2 Å². The van der Waals surface area contributed by atoms with Crippen molar-refractivity contribution in [1.29, 1.82) is 0 Å². The molecule has 2 N–H and O–H groups in total. The van der Waals surface area contributed by atoms with Crippen LogP contribution < -0.4 is 10.6 Å². The molecular formula is C12H19N3. The van der Waals surface area contributed by atoms with E-state index in [9.17, 15) is 0 Å². The molecule has 3 heteroatoms. The average Bonchev–Trinajstić information content (AvgIpc) is 2.29. The smallest absolute Gasteiger partial charge is 0.0440 e. The summed E-state index contributed by atoms with van der Waals surface area (Å²) in [5.74, 6) is 0. The van der Waals surface area contributed by atoms with E-state index in [1.54, 1.807) is 6.20 Å². The van der Waals surface area contributed by atoms with E-state index in [1.807, 2.05) is 18.3 Å². The highest BCUT2D eigenvalue weighted by Gasteiger charge is 2.04. The van der Waals surface area contributed by atoms with Crippen LogP contribution in [0, 0.1) is 0 Å². The lowest BCUT2D eigenvalue weighted by Gasteiger charge is -2.21. The van der Waals surface area contributed by atoms with Crippen molar-refractivity contribution in [3.05, 3.63) is 36.7 Å². The largest absolute Gasteiger partial charge is 0.374 e. The van der Waals surface area contributed by atoms with Crippen LogP contribution in [-0.4, -0.2) is 18.6 Å². The van der Waals surface area contributed by atoms with E-state index in [1.165, 1.54) is 5.69 Å². The quantitative estimate of drug-likeness (QED) is 0.570. The van der Waals surface area contributed by atoms with E-state index in [2.05, 4.69) is 23.5 Å². The lowest BCUT2D eigenvalue weighted by molar-refractivity contribution is 0.795. The minimum atomic E-state index is 0.537. The predicted octanol–water partition coefficient (Wildman–Crippen LogP) is 1.94. The maximum absolute atomic E-state index is 5.66. The molecular weight excluding hydrogens is 186 g/mol. The van der Waals surface area contributed by atoms with Crippen LogP contribution in [-0.2, 0) is 6.54 Å². The standard InChI is InChI=1S/C12H19N3/c1-3-4-5-8-15(2)12-6-7-14-10-11(12)9-13/h3,6-7,10H,1,4-5,8-9,13H2,2H3. The third-order valence-corrected chi connectivity index (χ3v) is 2.41. The molecule has 1 rings (SSSR count). The number of aromatic nitrogens is 1. The zero-order valence-corrected chi connectivity index (χ0v) is 9.32. The van der Waals surface area contributed by atoms with Crippen molar-refractivity contribution in [2.24, 2.45) is 5.73 Å². The summed E-state index contributed by atoms with van der Waals surface area (Å²) in [7, 11) is 2.08. The number of unbranched alkanes of at least 4 members (excludes halogenated alkanes) is 1. The molecule has 0 saturated carbocycles. The highest BCUT2D eigenvalue weighted by Crippen LogP contribution is 2.17. The fraction of sp³-hybridized carbons (Fsp3) is 0.417. The van der Waals surface area contributed by atoms with Gasteiger partial charge in [-0.2, -0.15) is 0 Å². The first-order chi connectivity index (χ1) is 7.29. The second kappa shape index (κ2) is 6.19. The van der Waals surface area contributed by atoms with Crippen LogP contribution in [0.25, 0.3) is 0 Å². The van der Waals surface area contributed by atoms with Gasteiger partial charge < -0.3 is 10.6 Å². The van der Waals surface area contributed by atoms with Crippen LogP contribution >= 0.6 is 0 Å². The van der Waals surface area contributed by atoms with Crippen LogP contribution in [0.4, 0.5) is 5.69 Å². The molecule has 1 heterocycles. The van der Waals surface area contributed by atoms with E-state index >= 15 is 0 Å². The Labute approximate surface area is 91.6 Å². The Kier molecular flexibility index (Phi) is 4.84. The van der Waals surface area contributed by atoms with Gasteiger partial charge in [0.25, 0.3) is 0 Å². The van der Waals surface area contributed by atoms with Crippen LogP contribution in [0.2, 0.25) is 0 Å².